The van der Waals surface area contributed by atoms with Crippen molar-refractivity contribution in [2.75, 3.05) is 6.61 Å². The molecule has 0 radical (unpaired) electrons. The molecule has 0 saturated heterocycles. The molecule has 0 unspecified atom stereocenters. The average Bonchev–Trinajstić information content (AvgIpc) is 2.31. The van der Waals surface area contributed by atoms with Gasteiger partial charge in [0, 0.05) is 5.39 Å². The van der Waals surface area contributed by atoms with Crippen molar-refractivity contribution in [1.82, 2.24) is 4.98 Å². The second-order valence-corrected chi connectivity index (χ2v) is 4.51. The zero-order chi connectivity index (χ0) is 13.3. The number of carbonyl (C=O) groups is 1. The average molecular weight is 264 g/mol. The van der Waals surface area contributed by atoms with Gasteiger partial charge in [-0.3, -0.25) is 4.98 Å². The number of ether oxygens (including phenoxy) is 1. The molecule has 3 nitrogen and oxygen atoms in total. The second-order valence-electron chi connectivity index (χ2n) is 4.13. The van der Waals surface area contributed by atoms with Crippen molar-refractivity contribution in [2.45, 2.75) is 20.8 Å². The van der Waals surface area contributed by atoms with Crippen LogP contribution in [0.15, 0.2) is 18.2 Å². The van der Waals surface area contributed by atoms with E-state index in [9.17, 15) is 4.79 Å². The predicted molar refractivity (Wildman–Crippen MR) is 72.2 cm³/mol. The number of hydrogen-bond acceptors (Lipinski definition) is 3. The summed E-state index contributed by atoms with van der Waals surface area (Å²) in [6, 6.07) is 5.79. The molecular weight excluding hydrogens is 250 g/mol. The smallest absolute Gasteiger partial charge is 0.341 e. The first-order valence-electron chi connectivity index (χ1n) is 5.78. The lowest BCUT2D eigenvalue weighted by molar-refractivity contribution is 0.0525. The number of aromatic nitrogens is 1. The molecule has 1 aromatic heterocycles. The van der Waals surface area contributed by atoms with E-state index in [4.69, 9.17) is 16.3 Å². The highest BCUT2D eigenvalue weighted by Gasteiger charge is 2.18. The fraction of sp³-hybridized carbons (Fsp3) is 0.286. The van der Waals surface area contributed by atoms with Gasteiger partial charge in [-0.15, -0.1) is 0 Å². The maximum atomic E-state index is 11.9. The van der Waals surface area contributed by atoms with E-state index >= 15 is 0 Å². The highest BCUT2D eigenvalue weighted by Crippen LogP contribution is 2.29. The van der Waals surface area contributed by atoms with Crippen LogP contribution in [0.3, 0.4) is 0 Å². The molecular formula is C14H14ClNO2. The first-order chi connectivity index (χ1) is 8.54. The number of rotatable bonds is 2. The number of pyridine rings is 1. The number of hydrogen-bond donors (Lipinski definition) is 0. The monoisotopic (exact) mass is 263 g/mol. The SMILES string of the molecule is CCOC(=O)c1c(C)nc2ccc(C)cc2c1Cl. The molecule has 1 heterocycles. The third kappa shape index (κ3) is 2.18. The van der Waals surface area contributed by atoms with Gasteiger partial charge in [0.05, 0.1) is 22.8 Å². The van der Waals surface area contributed by atoms with E-state index in [1.54, 1.807) is 13.8 Å². The van der Waals surface area contributed by atoms with Crippen molar-refractivity contribution in [3.63, 3.8) is 0 Å². The molecule has 94 valence electrons. The largest absolute Gasteiger partial charge is 0.462 e. The summed E-state index contributed by atoms with van der Waals surface area (Å²) in [6.45, 7) is 5.82. The van der Waals surface area contributed by atoms with Crippen LogP contribution < -0.4 is 0 Å². The molecule has 0 atom stereocenters. The van der Waals surface area contributed by atoms with E-state index in [1.807, 2.05) is 25.1 Å². The molecule has 0 aliphatic carbocycles. The van der Waals surface area contributed by atoms with Gasteiger partial charge in [-0.25, -0.2) is 4.79 Å². The van der Waals surface area contributed by atoms with Gasteiger partial charge in [-0.05, 0) is 32.9 Å². The van der Waals surface area contributed by atoms with Crippen LogP contribution in [0, 0.1) is 13.8 Å². The summed E-state index contributed by atoms with van der Waals surface area (Å²) >= 11 is 6.31. The number of nitrogens with zero attached hydrogens (tertiary/aromatic N) is 1. The third-order valence-corrected chi connectivity index (χ3v) is 3.13. The molecule has 0 saturated carbocycles. The van der Waals surface area contributed by atoms with Crippen molar-refractivity contribution in [1.29, 1.82) is 0 Å². The summed E-state index contributed by atoms with van der Waals surface area (Å²) in [5, 5.41) is 1.20. The van der Waals surface area contributed by atoms with E-state index in [0.717, 1.165) is 16.5 Å². The van der Waals surface area contributed by atoms with Crippen LogP contribution in [-0.4, -0.2) is 17.6 Å². The molecule has 4 heteroatoms. The topological polar surface area (TPSA) is 39.2 Å². The second kappa shape index (κ2) is 4.94. The lowest BCUT2D eigenvalue weighted by Gasteiger charge is -2.10. The number of aryl methyl sites for hydroxylation is 2. The summed E-state index contributed by atoms with van der Waals surface area (Å²) in [6.07, 6.45) is 0. The van der Waals surface area contributed by atoms with Gasteiger partial charge in [0.15, 0.2) is 0 Å². The standard InChI is InChI=1S/C14H14ClNO2/c1-4-18-14(17)12-9(3)16-11-6-5-8(2)7-10(11)13(12)15/h5-7H,4H2,1-3H3. The van der Waals surface area contributed by atoms with Crippen LogP contribution in [0.1, 0.15) is 28.5 Å². The molecule has 0 fully saturated rings. The van der Waals surface area contributed by atoms with Gasteiger partial charge in [0.2, 0.25) is 0 Å². The van der Waals surface area contributed by atoms with E-state index in [-0.39, 0.29) is 0 Å². The quantitative estimate of drug-likeness (QED) is 0.776. The zero-order valence-corrected chi connectivity index (χ0v) is 11.3. The van der Waals surface area contributed by atoms with Gasteiger partial charge in [-0.2, -0.15) is 0 Å². The minimum Gasteiger partial charge on any atom is -0.462 e. The van der Waals surface area contributed by atoms with Gasteiger partial charge < -0.3 is 4.74 Å². The summed E-state index contributed by atoms with van der Waals surface area (Å²) in [5.41, 5.74) is 2.81. The number of carbonyl (C=O) groups excluding carboxylic acids is 1. The van der Waals surface area contributed by atoms with Crippen molar-refractivity contribution in [3.8, 4) is 0 Å². The first kappa shape index (κ1) is 12.8. The minimum atomic E-state index is -0.420. The van der Waals surface area contributed by atoms with Gasteiger partial charge in [0.1, 0.15) is 5.56 Å². The molecule has 2 aromatic rings. The number of benzene rings is 1. The fourth-order valence-corrected chi connectivity index (χ4v) is 2.26. The molecule has 0 amide bonds. The van der Waals surface area contributed by atoms with E-state index in [1.165, 1.54) is 0 Å². The van der Waals surface area contributed by atoms with Crippen LogP contribution in [0.5, 0.6) is 0 Å². The van der Waals surface area contributed by atoms with Crippen LogP contribution >= 0.6 is 11.6 Å². The van der Waals surface area contributed by atoms with E-state index in [0.29, 0.717) is 22.9 Å². The van der Waals surface area contributed by atoms with Crippen LogP contribution in [-0.2, 0) is 4.74 Å². The highest BCUT2D eigenvalue weighted by molar-refractivity contribution is 6.38. The number of esters is 1. The maximum absolute atomic E-state index is 11.9. The Morgan fingerprint density at radius 3 is 2.78 bits per heavy atom. The molecule has 0 aliphatic rings. The minimum absolute atomic E-state index is 0.320. The molecule has 0 spiro atoms. The fourth-order valence-electron chi connectivity index (χ4n) is 1.89. The van der Waals surface area contributed by atoms with Gasteiger partial charge >= 0.3 is 5.97 Å². The Labute approximate surface area is 111 Å². The maximum Gasteiger partial charge on any atom is 0.341 e. The van der Waals surface area contributed by atoms with Crippen molar-refractivity contribution < 1.29 is 9.53 Å². The normalized spacial score (nSPS) is 10.7. The zero-order valence-electron chi connectivity index (χ0n) is 10.6. The lowest BCUT2D eigenvalue weighted by Crippen LogP contribution is -2.09. The highest BCUT2D eigenvalue weighted by atomic mass is 35.5. The Balaban J connectivity index is 2.70. The van der Waals surface area contributed by atoms with Crippen LogP contribution in [0.2, 0.25) is 5.02 Å². The Morgan fingerprint density at radius 2 is 2.11 bits per heavy atom. The number of halogens is 1. The Bertz CT molecular complexity index is 623. The van der Waals surface area contributed by atoms with Crippen molar-refractivity contribution in [3.05, 3.63) is 40.0 Å². The Kier molecular flexibility index (Phi) is 3.53. The van der Waals surface area contributed by atoms with Crippen molar-refractivity contribution in [2.24, 2.45) is 0 Å². The molecule has 18 heavy (non-hydrogen) atoms. The van der Waals surface area contributed by atoms with Gasteiger partial charge in [-0.1, -0.05) is 23.2 Å². The van der Waals surface area contributed by atoms with E-state index in [2.05, 4.69) is 4.98 Å². The predicted octanol–water partition coefficient (Wildman–Crippen LogP) is 3.68. The van der Waals surface area contributed by atoms with Crippen LogP contribution in [0.25, 0.3) is 10.9 Å². The summed E-state index contributed by atoms with van der Waals surface area (Å²) < 4.78 is 5.01. The number of fused-ring (bicyclic) bond motifs is 1. The summed E-state index contributed by atoms with van der Waals surface area (Å²) in [7, 11) is 0. The molecule has 1 aromatic carbocycles. The molecule has 0 N–H and O–H groups in total. The Hall–Kier alpha value is -1.61. The molecule has 0 aliphatic heterocycles. The summed E-state index contributed by atoms with van der Waals surface area (Å²) in [5.74, 6) is -0.420. The van der Waals surface area contributed by atoms with E-state index < -0.39 is 5.97 Å². The molecule has 0 bridgehead atoms. The first-order valence-corrected chi connectivity index (χ1v) is 6.16. The third-order valence-electron chi connectivity index (χ3n) is 2.74. The molecule has 2 rings (SSSR count). The summed E-state index contributed by atoms with van der Waals surface area (Å²) in [4.78, 5) is 16.3. The van der Waals surface area contributed by atoms with Gasteiger partial charge in [0.25, 0.3) is 0 Å². The van der Waals surface area contributed by atoms with Crippen molar-refractivity contribution >= 4 is 28.5 Å². The lowest BCUT2D eigenvalue weighted by atomic mass is 10.1. The van der Waals surface area contributed by atoms with Crippen LogP contribution in [0.4, 0.5) is 0 Å². The Morgan fingerprint density at radius 1 is 1.39 bits per heavy atom.